The van der Waals surface area contributed by atoms with Gasteiger partial charge in [0.2, 0.25) is 5.89 Å². The van der Waals surface area contributed by atoms with E-state index in [2.05, 4.69) is 37.2 Å². The lowest BCUT2D eigenvalue weighted by Gasteiger charge is -2.42. The van der Waals surface area contributed by atoms with E-state index in [0.29, 0.717) is 5.92 Å². The van der Waals surface area contributed by atoms with Crippen LogP contribution >= 0.6 is 0 Å². The van der Waals surface area contributed by atoms with Gasteiger partial charge in [0, 0.05) is 18.8 Å². The first kappa shape index (κ1) is 17.5. The van der Waals surface area contributed by atoms with Crippen molar-refractivity contribution in [1.29, 1.82) is 0 Å². The number of rotatable bonds is 5. The lowest BCUT2D eigenvalue weighted by Crippen LogP contribution is -2.36. The molecule has 0 N–H and O–H groups in total. The quantitative estimate of drug-likeness (QED) is 0.792. The topological polar surface area (TPSA) is 38.5 Å². The molecule has 4 heteroatoms. The number of hydrogen-bond donors (Lipinski definition) is 0. The Balaban J connectivity index is 1.69. The zero-order valence-electron chi connectivity index (χ0n) is 15.8. The molecule has 1 aliphatic heterocycles. The molecule has 1 aromatic carbocycles. The Morgan fingerprint density at radius 1 is 1.19 bits per heavy atom. The molecule has 0 saturated carbocycles. The molecule has 26 heavy (non-hydrogen) atoms. The predicted octanol–water partition coefficient (Wildman–Crippen LogP) is 4.54. The van der Waals surface area contributed by atoms with Gasteiger partial charge in [0.05, 0.1) is 0 Å². The molecule has 1 aliphatic carbocycles. The lowest BCUT2D eigenvalue weighted by atomic mass is 9.65. The number of allylic oxidation sites excluding steroid dienone is 4. The number of benzene rings is 1. The number of para-hydroxylation sites is 2. The van der Waals surface area contributed by atoms with E-state index in [1.54, 1.807) is 0 Å². The molecule has 1 unspecified atom stereocenters. The van der Waals surface area contributed by atoms with Gasteiger partial charge in [-0.3, -0.25) is 0 Å². The third kappa shape index (κ3) is 3.49. The van der Waals surface area contributed by atoms with Crippen LogP contribution < -0.4 is 0 Å². The molecule has 1 aromatic heterocycles. The van der Waals surface area contributed by atoms with Crippen molar-refractivity contribution in [1.82, 2.24) is 9.88 Å². The highest BCUT2D eigenvalue weighted by Gasteiger charge is 2.38. The molecule has 2 aliphatic rings. The summed E-state index contributed by atoms with van der Waals surface area (Å²) in [4.78, 5) is 7.01. The Morgan fingerprint density at radius 3 is 2.77 bits per heavy atom. The van der Waals surface area contributed by atoms with Crippen LogP contribution in [0.1, 0.15) is 31.6 Å². The molecular formula is C22H28N2O2. The first-order chi connectivity index (χ1) is 12.7. The molecule has 0 spiro atoms. The molecule has 138 valence electrons. The van der Waals surface area contributed by atoms with Gasteiger partial charge in [-0.15, -0.1) is 0 Å². The van der Waals surface area contributed by atoms with Gasteiger partial charge in [-0.25, -0.2) is 4.98 Å². The highest BCUT2D eigenvalue weighted by Crippen LogP contribution is 2.47. The number of hydrogen-bond acceptors (Lipinski definition) is 4. The maximum atomic E-state index is 6.05. The summed E-state index contributed by atoms with van der Waals surface area (Å²) in [6, 6.07) is 7.98. The highest BCUT2D eigenvalue weighted by atomic mass is 16.5. The molecule has 0 bridgehead atoms. The molecule has 4 rings (SSSR count). The van der Waals surface area contributed by atoms with E-state index < -0.39 is 0 Å². The van der Waals surface area contributed by atoms with Crippen LogP contribution in [-0.4, -0.2) is 43.7 Å². The number of nitrogens with zero attached hydrogens (tertiary/aromatic N) is 2. The second-order valence-corrected chi connectivity index (χ2v) is 7.87. The fourth-order valence-corrected chi connectivity index (χ4v) is 4.32. The van der Waals surface area contributed by atoms with Gasteiger partial charge in [-0.05, 0) is 69.8 Å². The SMILES string of the molecule is CN(C)CCC1(C2CCOCC2)C=C(c2nc3ccccc3o2)C=CC1. The minimum Gasteiger partial charge on any atom is -0.436 e. The molecule has 2 heterocycles. The Kier molecular flexibility index (Phi) is 4.96. The van der Waals surface area contributed by atoms with Crippen molar-refractivity contribution in [3.05, 3.63) is 48.4 Å². The van der Waals surface area contributed by atoms with E-state index in [-0.39, 0.29) is 5.41 Å². The minimum atomic E-state index is 0.165. The normalized spacial score (nSPS) is 24.3. The van der Waals surface area contributed by atoms with E-state index in [0.717, 1.165) is 68.0 Å². The Bertz CT molecular complexity index is 781. The number of fused-ring (bicyclic) bond motifs is 1. The number of ether oxygens (including phenoxy) is 1. The summed E-state index contributed by atoms with van der Waals surface area (Å²) in [7, 11) is 4.31. The van der Waals surface area contributed by atoms with Crippen LogP contribution in [0.15, 0.2) is 46.9 Å². The molecule has 4 nitrogen and oxygen atoms in total. The average Bonchev–Trinajstić information content (AvgIpc) is 3.12. The predicted molar refractivity (Wildman–Crippen MR) is 105 cm³/mol. The van der Waals surface area contributed by atoms with Crippen LogP contribution in [0, 0.1) is 11.3 Å². The third-order valence-corrected chi connectivity index (χ3v) is 5.84. The first-order valence-corrected chi connectivity index (χ1v) is 9.64. The van der Waals surface area contributed by atoms with Crippen LogP contribution in [0.5, 0.6) is 0 Å². The van der Waals surface area contributed by atoms with Crippen molar-refractivity contribution in [2.45, 2.75) is 25.7 Å². The maximum absolute atomic E-state index is 6.05. The first-order valence-electron chi connectivity index (χ1n) is 9.64. The van der Waals surface area contributed by atoms with Crippen molar-refractivity contribution >= 4 is 16.7 Å². The Hall–Kier alpha value is -1.91. The third-order valence-electron chi connectivity index (χ3n) is 5.84. The van der Waals surface area contributed by atoms with Crippen molar-refractivity contribution in [2.24, 2.45) is 11.3 Å². The summed E-state index contributed by atoms with van der Waals surface area (Å²) in [6.07, 6.45) is 11.5. The summed E-state index contributed by atoms with van der Waals surface area (Å²) in [5.74, 6) is 1.39. The van der Waals surface area contributed by atoms with Crippen molar-refractivity contribution in [3.63, 3.8) is 0 Å². The molecular weight excluding hydrogens is 324 g/mol. The molecule has 1 atom stereocenters. The molecule has 1 fully saturated rings. The van der Waals surface area contributed by atoms with E-state index in [9.17, 15) is 0 Å². The standard InChI is InChI=1S/C22H28N2O2/c1-24(2)13-12-22(18-9-14-25-15-10-18)11-5-6-17(16-22)21-23-19-7-3-4-8-20(19)26-21/h3-8,16,18H,9-15H2,1-2H3. The Morgan fingerprint density at radius 2 is 2.00 bits per heavy atom. The van der Waals surface area contributed by atoms with E-state index in [1.165, 1.54) is 0 Å². The second kappa shape index (κ2) is 7.37. The smallest absolute Gasteiger partial charge is 0.226 e. The van der Waals surface area contributed by atoms with Gasteiger partial charge >= 0.3 is 0 Å². The van der Waals surface area contributed by atoms with E-state index in [1.807, 2.05) is 24.3 Å². The lowest BCUT2D eigenvalue weighted by molar-refractivity contribution is 0.0223. The zero-order valence-corrected chi connectivity index (χ0v) is 15.8. The fraction of sp³-hybridized carbons (Fsp3) is 0.500. The van der Waals surface area contributed by atoms with Crippen LogP contribution in [-0.2, 0) is 4.74 Å². The van der Waals surface area contributed by atoms with Gasteiger partial charge < -0.3 is 14.1 Å². The summed E-state index contributed by atoms with van der Waals surface area (Å²) >= 11 is 0. The van der Waals surface area contributed by atoms with Crippen LogP contribution in [0.3, 0.4) is 0 Å². The van der Waals surface area contributed by atoms with Gasteiger partial charge in [0.15, 0.2) is 5.58 Å². The summed E-state index contributed by atoms with van der Waals surface area (Å²) < 4.78 is 11.7. The second-order valence-electron chi connectivity index (χ2n) is 7.87. The minimum absolute atomic E-state index is 0.165. The van der Waals surface area contributed by atoms with Gasteiger partial charge in [-0.2, -0.15) is 0 Å². The van der Waals surface area contributed by atoms with E-state index >= 15 is 0 Å². The monoisotopic (exact) mass is 352 g/mol. The summed E-state index contributed by atoms with van der Waals surface area (Å²) in [6.45, 7) is 2.84. The Labute approximate surface area is 155 Å². The van der Waals surface area contributed by atoms with Crippen molar-refractivity contribution < 1.29 is 9.15 Å². The fourth-order valence-electron chi connectivity index (χ4n) is 4.32. The van der Waals surface area contributed by atoms with Crippen LogP contribution in [0.2, 0.25) is 0 Å². The summed E-state index contributed by atoms with van der Waals surface area (Å²) in [5.41, 5.74) is 3.07. The molecule has 1 saturated heterocycles. The van der Waals surface area contributed by atoms with Crippen LogP contribution in [0.4, 0.5) is 0 Å². The molecule has 0 amide bonds. The maximum Gasteiger partial charge on any atom is 0.226 e. The summed E-state index contributed by atoms with van der Waals surface area (Å²) in [5, 5.41) is 0. The zero-order chi connectivity index (χ0) is 18.0. The largest absolute Gasteiger partial charge is 0.436 e. The number of oxazole rings is 1. The molecule has 2 aromatic rings. The van der Waals surface area contributed by atoms with Crippen LogP contribution in [0.25, 0.3) is 16.7 Å². The van der Waals surface area contributed by atoms with E-state index in [4.69, 9.17) is 14.1 Å². The average molecular weight is 352 g/mol. The van der Waals surface area contributed by atoms with Gasteiger partial charge in [-0.1, -0.05) is 30.4 Å². The van der Waals surface area contributed by atoms with Crippen molar-refractivity contribution in [2.75, 3.05) is 33.9 Å². The van der Waals surface area contributed by atoms with Gasteiger partial charge in [0.25, 0.3) is 0 Å². The van der Waals surface area contributed by atoms with Gasteiger partial charge in [0.1, 0.15) is 5.52 Å². The highest BCUT2D eigenvalue weighted by molar-refractivity contribution is 5.78. The molecule has 0 radical (unpaired) electrons. The van der Waals surface area contributed by atoms with Crippen molar-refractivity contribution in [3.8, 4) is 0 Å². The number of aromatic nitrogens is 1.